The van der Waals surface area contributed by atoms with E-state index >= 15 is 0 Å². The Labute approximate surface area is 108 Å². The van der Waals surface area contributed by atoms with Crippen molar-refractivity contribution in [1.82, 2.24) is 10.3 Å². The zero-order valence-corrected chi connectivity index (χ0v) is 11.3. The van der Waals surface area contributed by atoms with Gasteiger partial charge in [-0.1, -0.05) is 6.07 Å². The zero-order valence-electron chi connectivity index (χ0n) is 11.3. The molecule has 0 saturated carbocycles. The van der Waals surface area contributed by atoms with Crippen molar-refractivity contribution in [2.45, 2.75) is 32.7 Å². The third-order valence-corrected chi connectivity index (χ3v) is 3.09. The van der Waals surface area contributed by atoms with Crippen LogP contribution in [-0.4, -0.2) is 23.6 Å². The van der Waals surface area contributed by atoms with Gasteiger partial charge in [0.05, 0.1) is 0 Å². The monoisotopic (exact) mass is 247 g/mol. The van der Waals surface area contributed by atoms with Crippen LogP contribution in [0, 0.1) is 6.92 Å². The molecule has 1 aromatic carbocycles. The summed E-state index contributed by atoms with van der Waals surface area (Å²) in [6, 6.07) is 6.17. The lowest BCUT2D eigenvalue weighted by atomic mass is 10.1. The molecular formula is C14H21N3O. The number of hydrogen-bond acceptors (Lipinski definition) is 4. The quantitative estimate of drug-likeness (QED) is 0.848. The van der Waals surface area contributed by atoms with Crippen LogP contribution in [0.25, 0.3) is 11.1 Å². The summed E-state index contributed by atoms with van der Waals surface area (Å²) in [7, 11) is 0. The molecule has 2 aromatic rings. The first-order valence-corrected chi connectivity index (χ1v) is 6.31. The standard InChI is InChI=1S/C14H21N3O/c1-10-17-12-5-4-11(8-13(12)18-10)6-7-16-14(2,3)9-15/h4-5,8,16H,6-7,9,15H2,1-3H3. The molecule has 0 radical (unpaired) electrons. The number of aromatic nitrogens is 1. The Kier molecular flexibility index (Phi) is 3.68. The smallest absolute Gasteiger partial charge is 0.192 e. The molecule has 4 heteroatoms. The second kappa shape index (κ2) is 5.08. The normalized spacial score (nSPS) is 12.2. The Morgan fingerprint density at radius 1 is 1.39 bits per heavy atom. The minimum Gasteiger partial charge on any atom is -0.441 e. The van der Waals surface area contributed by atoms with Gasteiger partial charge in [0.2, 0.25) is 0 Å². The van der Waals surface area contributed by atoms with Gasteiger partial charge in [-0.2, -0.15) is 0 Å². The Hall–Kier alpha value is -1.39. The summed E-state index contributed by atoms with van der Waals surface area (Å²) in [4.78, 5) is 4.29. The summed E-state index contributed by atoms with van der Waals surface area (Å²) in [5.74, 6) is 0.713. The summed E-state index contributed by atoms with van der Waals surface area (Å²) in [5.41, 5.74) is 8.71. The van der Waals surface area contributed by atoms with E-state index in [4.69, 9.17) is 10.2 Å². The average molecular weight is 247 g/mol. The number of hydrogen-bond donors (Lipinski definition) is 2. The number of oxazole rings is 1. The van der Waals surface area contributed by atoms with Crippen molar-refractivity contribution in [3.8, 4) is 0 Å². The van der Waals surface area contributed by atoms with Gasteiger partial charge in [-0.3, -0.25) is 0 Å². The van der Waals surface area contributed by atoms with Crippen molar-refractivity contribution >= 4 is 11.1 Å². The van der Waals surface area contributed by atoms with E-state index in [1.165, 1.54) is 5.56 Å². The van der Waals surface area contributed by atoms with Crippen molar-refractivity contribution in [3.05, 3.63) is 29.7 Å². The Balaban J connectivity index is 1.99. The Morgan fingerprint density at radius 3 is 2.89 bits per heavy atom. The summed E-state index contributed by atoms with van der Waals surface area (Å²) in [6.45, 7) is 7.62. The minimum absolute atomic E-state index is 0.00702. The predicted molar refractivity (Wildman–Crippen MR) is 73.6 cm³/mol. The number of fused-ring (bicyclic) bond motifs is 1. The maximum atomic E-state index is 5.68. The van der Waals surface area contributed by atoms with Gasteiger partial charge in [-0.05, 0) is 44.5 Å². The first-order chi connectivity index (χ1) is 8.50. The summed E-state index contributed by atoms with van der Waals surface area (Å²) in [6.07, 6.45) is 0.957. The third kappa shape index (κ3) is 3.09. The van der Waals surface area contributed by atoms with E-state index in [1.54, 1.807) is 0 Å². The predicted octanol–water partition coefficient (Wildman–Crippen LogP) is 2.01. The Morgan fingerprint density at radius 2 is 2.17 bits per heavy atom. The van der Waals surface area contributed by atoms with Crippen LogP contribution in [-0.2, 0) is 6.42 Å². The van der Waals surface area contributed by atoms with E-state index in [9.17, 15) is 0 Å². The van der Waals surface area contributed by atoms with Crippen LogP contribution >= 0.6 is 0 Å². The van der Waals surface area contributed by atoms with E-state index in [0.717, 1.165) is 24.1 Å². The molecule has 1 heterocycles. The zero-order chi connectivity index (χ0) is 13.2. The van der Waals surface area contributed by atoms with E-state index in [2.05, 4.69) is 36.3 Å². The molecule has 18 heavy (non-hydrogen) atoms. The van der Waals surface area contributed by atoms with Gasteiger partial charge < -0.3 is 15.5 Å². The first kappa shape index (κ1) is 13.1. The van der Waals surface area contributed by atoms with Crippen LogP contribution in [0.2, 0.25) is 0 Å². The molecule has 0 aliphatic carbocycles. The molecular weight excluding hydrogens is 226 g/mol. The number of nitrogens with two attached hydrogens (primary N) is 1. The van der Waals surface area contributed by atoms with Gasteiger partial charge in [0.1, 0.15) is 5.52 Å². The maximum Gasteiger partial charge on any atom is 0.192 e. The van der Waals surface area contributed by atoms with Crippen LogP contribution in [0.1, 0.15) is 25.3 Å². The van der Waals surface area contributed by atoms with Gasteiger partial charge in [-0.25, -0.2) is 4.98 Å². The van der Waals surface area contributed by atoms with Gasteiger partial charge in [0.25, 0.3) is 0 Å². The lowest BCUT2D eigenvalue weighted by Gasteiger charge is -2.24. The van der Waals surface area contributed by atoms with E-state index in [1.807, 2.05) is 13.0 Å². The number of rotatable bonds is 5. The third-order valence-electron chi connectivity index (χ3n) is 3.09. The molecule has 4 nitrogen and oxygen atoms in total. The highest BCUT2D eigenvalue weighted by Crippen LogP contribution is 2.17. The van der Waals surface area contributed by atoms with Crippen molar-refractivity contribution in [2.24, 2.45) is 5.73 Å². The molecule has 0 fully saturated rings. The Bertz CT molecular complexity index is 531. The van der Waals surface area contributed by atoms with Gasteiger partial charge >= 0.3 is 0 Å². The maximum absolute atomic E-state index is 5.68. The van der Waals surface area contributed by atoms with Crippen molar-refractivity contribution in [3.63, 3.8) is 0 Å². The molecule has 0 aliphatic heterocycles. The molecule has 98 valence electrons. The molecule has 1 aromatic heterocycles. The van der Waals surface area contributed by atoms with Crippen LogP contribution < -0.4 is 11.1 Å². The van der Waals surface area contributed by atoms with Gasteiger partial charge in [-0.15, -0.1) is 0 Å². The SMILES string of the molecule is Cc1nc2ccc(CCNC(C)(C)CN)cc2o1. The topological polar surface area (TPSA) is 64.1 Å². The summed E-state index contributed by atoms with van der Waals surface area (Å²) in [5, 5.41) is 3.44. The minimum atomic E-state index is -0.00702. The highest BCUT2D eigenvalue weighted by molar-refractivity contribution is 5.73. The number of nitrogens with one attached hydrogen (secondary N) is 1. The summed E-state index contributed by atoms with van der Waals surface area (Å²) < 4.78 is 5.53. The molecule has 3 N–H and O–H groups in total. The fraction of sp³-hybridized carbons (Fsp3) is 0.500. The lowest BCUT2D eigenvalue weighted by molar-refractivity contribution is 0.402. The average Bonchev–Trinajstić information content (AvgIpc) is 2.68. The number of nitrogens with zero attached hydrogens (tertiary/aromatic N) is 1. The molecule has 0 aliphatic rings. The van der Waals surface area contributed by atoms with Crippen molar-refractivity contribution in [2.75, 3.05) is 13.1 Å². The van der Waals surface area contributed by atoms with Crippen molar-refractivity contribution in [1.29, 1.82) is 0 Å². The van der Waals surface area contributed by atoms with E-state index in [0.29, 0.717) is 12.4 Å². The summed E-state index contributed by atoms with van der Waals surface area (Å²) >= 11 is 0. The largest absolute Gasteiger partial charge is 0.441 e. The van der Waals surface area contributed by atoms with Crippen LogP contribution in [0.3, 0.4) is 0 Å². The van der Waals surface area contributed by atoms with Crippen LogP contribution in [0.4, 0.5) is 0 Å². The van der Waals surface area contributed by atoms with Gasteiger partial charge in [0.15, 0.2) is 11.5 Å². The molecule has 0 saturated heterocycles. The molecule has 0 amide bonds. The molecule has 0 atom stereocenters. The van der Waals surface area contributed by atoms with Crippen LogP contribution in [0.15, 0.2) is 22.6 Å². The van der Waals surface area contributed by atoms with Crippen molar-refractivity contribution < 1.29 is 4.42 Å². The lowest BCUT2D eigenvalue weighted by Crippen LogP contribution is -2.46. The second-order valence-corrected chi connectivity index (χ2v) is 5.30. The molecule has 2 rings (SSSR count). The highest BCUT2D eigenvalue weighted by atomic mass is 16.3. The second-order valence-electron chi connectivity index (χ2n) is 5.30. The van der Waals surface area contributed by atoms with Crippen LogP contribution in [0.5, 0.6) is 0 Å². The highest BCUT2D eigenvalue weighted by Gasteiger charge is 2.13. The molecule has 0 unspecified atom stereocenters. The number of benzene rings is 1. The van der Waals surface area contributed by atoms with Gasteiger partial charge in [0, 0.05) is 19.0 Å². The molecule has 0 bridgehead atoms. The van der Waals surface area contributed by atoms with E-state index in [-0.39, 0.29) is 5.54 Å². The fourth-order valence-electron chi connectivity index (χ4n) is 1.86. The molecule has 0 spiro atoms. The number of aryl methyl sites for hydroxylation is 1. The van der Waals surface area contributed by atoms with E-state index < -0.39 is 0 Å². The first-order valence-electron chi connectivity index (χ1n) is 6.31. The fourth-order valence-corrected chi connectivity index (χ4v) is 1.86.